The maximum absolute atomic E-state index is 5.61. The Hall–Kier alpha value is -2.34. The van der Waals surface area contributed by atoms with Crippen LogP contribution in [-0.4, -0.2) is 48.6 Å². The molecule has 1 unspecified atom stereocenters. The molecule has 1 aliphatic rings. The van der Waals surface area contributed by atoms with Gasteiger partial charge in [-0.2, -0.15) is 0 Å². The molecule has 0 spiro atoms. The number of aromatic nitrogens is 1. The number of aliphatic imine (C=N–C) groups is 1. The van der Waals surface area contributed by atoms with E-state index < -0.39 is 0 Å². The third-order valence-corrected chi connectivity index (χ3v) is 5.14. The number of hydrogen-bond acceptors (Lipinski definition) is 4. The van der Waals surface area contributed by atoms with Gasteiger partial charge in [0.05, 0.1) is 12.2 Å². The zero-order valence-electron chi connectivity index (χ0n) is 16.7. The molecule has 0 aliphatic carbocycles. The average Bonchev–Trinajstić information content (AvgIpc) is 3.15. The summed E-state index contributed by atoms with van der Waals surface area (Å²) >= 11 is 0. The first kappa shape index (κ1) is 19.4. The van der Waals surface area contributed by atoms with Crippen LogP contribution in [0.4, 0.5) is 0 Å². The van der Waals surface area contributed by atoms with Crippen molar-refractivity contribution in [2.75, 3.05) is 26.7 Å². The highest BCUT2D eigenvalue weighted by atomic mass is 16.3. The van der Waals surface area contributed by atoms with Gasteiger partial charge in [0.15, 0.2) is 5.96 Å². The summed E-state index contributed by atoms with van der Waals surface area (Å²) in [5, 5.41) is 6.70. The van der Waals surface area contributed by atoms with Crippen LogP contribution in [0.3, 0.4) is 0 Å². The lowest BCUT2D eigenvalue weighted by Crippen LogP contribution is -2.45. The van der Waals surface area contributed by atoms with E-state index in [0.717, 1.165) is 30.3 Å². The van der Waals surface area contributed by atoms with Crippen LogP contribution in [-0.2, 0) is 6.54 Å². The van der Waals surface area contributed by atoms with Crippen LogP contribution in [0.5, 0.6) is 0 Å². The number of rotatable bonds is 6. The zero-order valence-corrected chi connectivity index (χ0v) is 16.7. The summed E-state index contributed by atoms with van der Waals surface area (Å²) < 4.78 is 5.61. The minimum absolute atomic E-state index is 0.579. The van der Waals surface area contributed by atoms with Gasteiger partial charge in [-0.15, -0.1) is 0 Å². The highest BCUT2D eigenvalue weighted by molar-refractivity contribution is 5.79. The molecule has 27 heavy (non-hydrogen) atoms. The Kier molecular flexibility index (Phi) is 6.87. The van der Waals surface area contributed by atoms with Crippen LogP contribution in [0.25, 0.3) is 11.5 Å². The van der Waals surface area contributed by atoms with Crippen molar-refractivity contribution in [3.05, 3.63) is 41.8 Å². The first-order valence-electron chi connectivity index (χ1n) is 9.85. The number of piperidine rings is 1. The van der Waals surface area contributed by atoms with Gasteiger partial charge in [0.2, 0.25) is 5.89 Å². The Morgan fingerprint density at radius 1 is 1.26 bits per heavy atom. The van der Waals surface area contributed by atoms with Crippen molar-refractivity contribution in [3.63, 3.8) is 0 Å². The predicted octanol–water partition coefficient (Wildman–Crippen LogP) is 3.19. The van der Waals surface area contributed by atoms with E-state index in [1.807, 2.05) is 12.1 Å². The molecule has 0 amide bonds. The van der Waals surface area contributed by atoms with Crippen LogP contribution < -0.4 is 10.6 Å². The second-order valence-corrected chi connectivity index (χ2v) is 7.24. The van der Waals surface area contributed by atoms with Gasteiger partial charge in [-0.1, -0.05) is 24.1 Å². The summed E-state index contributed by atoms with van der Waals surface area (Å²) in [5.41, 5.74) is 3.07. The van der Waals surface area contributed by atoms with E-state index in [1.54, 1.807) is 13.3 Å². The zero-order chi connectivity index (χ0) is 19.1. The van der Waals surface area contributed by atoms with Gasteiger partial charge < -0.3 is 15.1 Å². The monoisotopic (exact) mass is 369 g/mol. The number of oxazole rings is 1. The van der Waals surface area contributed by atoms with E-state index in [4.69, 9.17) is 4.42 Å². The fourth-order valence-electron chi connectivity index (χ4n) is 3.42. The number of nitrogens with zero attached hydrogens (tertiary/aromatic N) is 3. The molecule has 6 nitrogen and oxygen atoms in total. The van der Waals surface area contributed by atoms with Crippen LogP contribution >= 0.6 is 0 Å². The van der Waals surface area contributed by atoms with Crippen LogP contribution in [0, 0.1) is 6.92 Å². The second-order valence-electron chi connectivity index (χ2n) is 7.24. The summed E-state index contributed by atoms with van der Waals surface area (Å²) in [6, 6.07) is 8.87. The largest absolute Gasteiger partial charge is 0.444 e. The Balaban J connectivity index is 1.45. The molecule has 1 aromatic heterocycles. The summed E-state index contributed by atoms with van der Waals surface area (Å²) in [6.07, 6.45) is 5.68. The van der Waals surface area contributed by atoms with Crippen molar-refractivity contribution in [2.24, 2.45) is 4.99 Å². The Morgan fingerprint density at radius 2 is 2.07 bits per heavy atom. The molecule has 1 atom stereocenters. The van der Waals surface area contributed by atoms with Crippen LogP contribution in [0.15, 0.2) is 39.9 Å². The smallest absolute Gasteiger partial charge is 0.226 e. The molecule has 0 bridgehead atoms. The fourth-order valence-corrected chi connectivity index (χ4v) is 3.42. The summed E-state index contributed by atoms with van der Waals surface area (Å²) in [5.74, 6) is 1.44. The number of guanidine groups is 1. The number of likely N-dealkylation sites (tertiary alicyclic amines) is 1. The van der Waals surface area contributed by atoms with Crippen LogP contribution in [0.1, 0.15) is 37.4 Å². The Bertz CT molecular complexity index is 737. The maximum atomic E-state index is 5.61. The number of hydrogen-bond donors (Lipinski definition) is 2. The molecule has 1 fully saturated rings. The third-order valence-electron chi connectivity index (χ3n) is 5.14. The molecule has 1 aromatic carbocycles. The highest BCUT2D eigenvalue weighted by Gasteiger charge is 2.17. The molecule has 2 heterocycles. The van der Waals surface area contributed by atoms with E-state index >= 15 is 0 Å². The van der Waals surface area contributed by atoms with Crippen molar-refractivity contribution in [1.29, 1.82) is 0 Å². The second kappa shape index (κ2) is 9.55. The number of nitrogens with one attached hydrogen (secondary N) is 2. The van der Waals surface area contributed by atoms with E-state index in [9.17, 15) is 0 Å². The predicted molar refractivity (Wildman–Crippen MR) is 110 cm³/mol. The minimum atomic E-state index is 0.579. The molecule has 0 radical (unpaired) electrons. The van der Waals surface area contributed by atoms with Gasteiger partial charge in [0.25, 0.3) is 0 Å². The molecule has 6 heteroatoms. The van der Waals surface area contributed by atoms with Gasteiger partial charge in [0.1, 0.15) is 6.26 Å². The summed E-state index contributed by atoms with van der Waals surface area (Å²) in [7, 11) is 1.79. The van der Waals surface area contributed by atoms with Gasteiger partial charge in [-0.3, -0.25) is 9.89 Å². The van der Waals surface area contributed by atoms with Gasteiger partial charge in [-0.05, 0) is 45.4 Å². The van der Waals surface area contributed by atoms with Gasteiger partial charge in [-0.25, -0.2) is 4.98 Å². The van der Waals surface area contributed by atoms with E-state index in [1.165, 1.54) is 31.4 Å². The SMILES string of the molecule is CN=C(NCCN1CCCCC1C)NCc1coc(-c2ccc(C)cc2)n1. The molecule has 2 aromatic rings. The first-order chi connectivity index (χ1) is 13.2. The molecule has 146 valence electrons. The van der Waals surface area contributed by atoms with E-state index in [0.29, 0.717) is 18.5 Å². The molecule has 0 saturated carbocycles. The van der Waals surface area contributed by atoms with E-state index in [2.05, 4.69) is 51.5 Å². The van der Waals surface area contributed by atoms with Gasteiger partial charge in [0, 0.05) is 31.7 Å². The fraction of sp³-hybridized carbons (Fsp3) is 0.524. The van der Waals surface area contributed by atoms with Crippen molar-refractivity contribution in [1.82, 2.24) is 20.5 Å². The quantitative estimate of drug-likeness (QED) is 0.605. The lowest BCUT2D eigenvalue weighted by Gasteiger charge is -2.33. The molecule has 1 aliphatic heterocycles. The summed E-state index contributed by atoms with van der Waals surface area (Å²) in [4.78, 5) is 11.4. The number of aryl methyl sites for hydroxylation is 1. The maximum Gasteiger partial charge on any atom is 0.226 e. The first-order valence-corrected chi connectivity index (χ1v) is 9.85. The minimum Gasteiger partial charge on any atom is -0.444 e. The lowest BCUT2D eigenvalue weighted by molar-refractivity contribution is 0.163. The lowest BCUT2D eigenvalue weighted by atomic mass is 10.0. The van der Waals surface area contributed by atoms with Crippen molar-refractivity contribution in [2.45, 2.75) is 45.7 Å². The standard InChI is InChI=1S/C21H31N5O/c1-16-7-9-18(10-8-16)20-25-19(15-27-20)14-24-21(22-3)23-11-13-26-12-5-4-6-17(26)2/h7-10,15,17H,4-6,11-14H2,1-3H3,(H2,22,23,24). The normalized spacial score (nSPS) is 18.5. The Morgan fingerprint density at radius 3 is 2.81 bits per heavy atom. The number of benzene rings is 1. The molecular formula is C21H31N5O. The Labute approximate surface area is 162 Å². The van der Waals surface area contributed by atoms with Crippen molar-refractivity contribution >= 4 is 5.96 Å². The molecule has 3 rings (SSSR count). The van der Waals surface area contributed by atoms with Crippen LogP contribution in [0.2, 0.25) is 0 Å². The van der Waals surface area contributed by atoms with Crippen molar-refractivity contribution in [3.8, 4) is 11.5 Å². The average molecular weight is 370 g/mol. The topological polar surface area (TPSA) is 65.7 Å². The van der Waals surface area contributed by atoms with Gasteiger partial charge >= 0.3 is 0 Å². The summed E-state index contributed by atoms with van der Waals surface area (Å²) in [6.45, 7) is 8.10. The molecule has 2 N–H and O–H groups in total. The third kappa shape index (κ3) is 5.57. The van der Waals surface area contributed by atoms with E-state index in [-0.39, 0.29) is 0 Å². The molecule has 1 saturated heterocycles. The molecular weight excluding hydrogens is 338 g/mol. The highest BCUT2D eigenvalue weighted by Crippen LogP contribution is 2.19. The van der Waals surface area contributed by atoms with Crippen molar-refractivity contribution < 1.29 is 4.42 Å².